The Hall–Kier alpha value is -8.32. The Morgan fingerprint density at radius 3 is 1.69 bits per heavy atom. The van der Waals surface area contributed by atoms with Gasteiger partial charge in [0.25, 0.3) is 35.0 Å². The summed E-state index contributed by atoms with van der Waals surface area (Å²) in [5, 5.41) is 36.9. The summed E-state index contributed by atoms with van der Waals surface area (Å²) >= 11 is 2.03. The van der Waals surface area contributed by atoms with Crippen molar-refractivity contribution < 1.29 is 48.6 Å². The molecule has 0 fully saturated rings. The lowest BCUT2D eigenvalue weighted by atomic mass is 10.1. The van der Waals surface area contributed by atoms with Crippen molar-refractivity contribution in [2.24, 2.45) is 5.73 Å². The van der Waals surface area contributed by atoms with Gasteiger partial charge in [0, 0.05) is 62.2 Å². The molecule has 0 unspecified atom stereocenters. The van der Waals surface area contributed by atoms with E-state index < -0.39 is 57.3 Å². The molecule has 20 nitrogen and oxygen atoms in total. The summed E-state index contributed by atoms with van der Waals surface area (Å²) in [5.41, 5.74) is 10.6. The molecule has 5 amide bonds. The average Bonchev–Trinajstić information content (AvgIpc) is 3.30. The highest BCUT2D eigenvalue weighted by Gasteiger charge is 2.24. The first kappa shape index (κ1) is 54.8. The van der Waals surface area contributed by atoms with Crippen molar-refractivity contribution in [3.8, 4) is 47.9 Å². The molecule has 4 aromatic carbocycles. The number of nitrogens with zero attached hydrogens (tertiary/aromatic N) is 2. The molecule has 0 aliphatic carbocycles. The molecule has 0 aliphatic rings. The lowest BCUT2D eigenvalue weighted by Crippen LogP contribution is -2.52. The predicted octanol–water partition coefficient (Wildman–Crippen LogP) is 3.73. The van der Waals surface area contributed by atoms with Crippen molar-refractivity contribution in [2.45, 2.75) is 38.5 Å². The summed E-state index contributed by atoms with van der Waals surface area (Å²) in [6.07, 6.45) is 4.36. The number of alkyl carbamates (subject to hydrolysis) is 1. The van der Waals surface area contributed by atoms with E-state index in [0.29, 0.717) is 22.3 Å². The lowest BCUT2D eigenvalue weighted by molar-refractivity contribution is -0.385. The minimum atomic E-state index is -1.08. The van der Waals surface area contributed by atoms with Crippen LogP contribution in [0, 0.1) is 71.7 Å². The average molecular weight is 1030 g/mol. The third-order valence-corrected chi connectivity index (χ3v) is 8.44. The fraction of sp³-hybridized carbons (Fsp3) is 0.196. The van der Waals surface area contributed by atoms with Crippen LogP contribution in [0.5, 0.6) is 0 Å². The normalized spacial score (nSPS) is 10.5. The van der Waals surface area contributed by atoms with E-state index in [0.717, 1.165) is 3.57 Å². The first-order valence-electron chi connectivity index (χ1n) is 19.2. The number of hydroxylamine groups is 2. The molecule has 0 radical (unpaired) electrons. The number of carbonyl (C=O) groups is 5. The van der Waals surface area contributed by atoms with Crippen molar-refractivity contribution in [1.29, 1.82) is 0 Å². The van der Waals surface area contributed by atoms with Crippen LogP contribution in [0.1, 0.15) is 58.2 Å². The highest BCUT2D eigenvalue weighted by molar-refractivity contribution is 14.1. The molecular formula is C46H43IN8O12. The molecule has 21 heteroatoms. The van der Waals surface area contributed by atoms with Crippen LogP contribution < -0.4 is 32.6 Å². The molecule has 0 bridgehead atoms. The van der Waals surface area contributed by atoms with Crippen LogP contribution in [0.2, 0.25) is 0 Å². The third-order valence-electron chi connectivity index (χ3n) is 7.77. The fourth-order valence-corrected chi connectivity index (χ4v) is 5.21. The summed E-state index contributed by atoms with van der Waals surface area (Å²) < 4.78 is 5.99. The van der Waals surface area contributed by atoms with Gasteiger partial charge in [-0.05, 0) is 128 Å². The topological polar surface area (TPSA) is 296 Å². The van der Waals surface area contributed by atoms with Gasteiger partial charge in [0.2, 0.25) is 0 Å². The Labute approximate surface area is 398 Å². The molecular weight excluding hydrogens is 983 g/mol. The number of nitrogens with two attached hydrogens (primary N) is 1. The number of carbonyl (C=O) groups excluding carboxylic acids is 5. The van der Waals surface area contributed by atoms with Gasteiger partial charge in [0.1, 0.15) is 17.7 Å². The van der Waals surface area contributed by atoms with Gasteiger partial charge in [-0.3, -0.25) is 49.5 Å². The van der Waals surface area contributed by atoms with Gasteiger partial charge >= 0.3 is 6.09 Å². The van der Waals surface area contributed by atoms with Gasteiger partial charge in [0.15, 0.2) is 0 Å². The summed E-state index contributed by atoms with van der Waals surface area (Å²) in [7, 11) is 1.26. The van der Waals surface area contributed by atoms with Crippen LogP contribution in [0.15, 0.2) is 97.1 Å². The summed E-state index contributed by atoms with van der Waals surface area (Å²) in [6, 6.07) is 22.8. The van der Waals surface area contributed by atoms with Gasteiger partial charge in [-0.2, -0.15) is 0 Å². The summed E-state index contributed by atoms with van der Waals surface area (Å²) in [4.78, 5) is 84.3. The molecule has 0 aromatic heterocycles. The zero-order chi connectivity index (χ0) is 49.9. The zero-order valence-electron chi connectivity index (χ0n) is 36.2. The maximum atomic E-state index is 12.4. The van der Waals surface area contributed by atoms with Crippen LogP contribution in [0.3, 0.4) is 0 Å². The lowest BCUT2D eigenvalue weighted by Gasteiger charge is -2.22. The van der Waals surface area contributed by atoms with E-state index in [9.17, 15) is 44.2 Å². The molecule has 4 aromatic rings. The van der Waals surface area contributed by atoms with Crippen molar-refractivity contribution >= 4 is 63.7 Å². The number of nitro benzene ring substituents is 2. The summed E-state index contributed by atoms with van der Waals surface area (Å²) in [6.45, 7) is 4.76. The number of hydrogen-bond acceptors (Lipinski definition) is 13. The van der Waals surface area contributed by atoms with Crippen molar-refractivity contribution in [1.82, 2.24) is 26.9 Å². The molecule has 4 rings (SSSR count). The first-order chi connectivity index (χ1) is 31.8. The molecule has 0 spiro atoms. The second-order valence-electron chi connectivity index (χ2n) is 13.9. The molecule has 67 heavy (non-hydrogen) atoms. The number of hydrogen-bond donors (Lipinski definition) is 7. The van der Waals surface area contributed by atoms with E-state index in [4.69, 9.17) is 22.1 Å². The second-order valence-corrected chi connectivity index (χ2v) is 15.2. The Balaban J connectivity index is 0.000000381. The van der Waals surface area contributed by atoms with Crippen LogP contribution in [-0.4, -0.2) is 82.7 Å². The number of benzene rings is 4. The zero-order valence-corrected chi connectivity index (χ0v) is 38.3. The first-order valence-corrected chi connectivity index (χ1v) is 20.3. The number of amides is 5. The number of nitrogens with one attached hydrogen (secondary N) is 5. The van der Waals surface area contributed by atoms with Gasteiger partial charge in [-0.25, -0.2) is 15.8 Å². The Morgan fingerprint density at radius 1 is 0.746 bits per heavy atom. The number of halogens is 1. The number of nitro groups is 2. The van der Waals surface area contributed by atoms with E-state index in [-0.39, 0.29) is 30.0 Å². The minimum absolute atomic E-state index is 0.0491. The quantitative estimate of drug-likeness (QED) is 0.0351. The van der Waals surface area contributed by atoms with E-state index >= 15 is 0 Å². The number of rotatable bonds is 12. The molecule has 0 aliphatic heterocycles. The predicted molar refractivity (Wildman–Crippen MR) is 252 cm³/mol. The van der Waals surface area contributed by atoms with Gasteiger partial charge in [0.05, 0.1) is 23.5 Å². The maximum Gasteiger partial charge on any atom is 0.407 e. The molecule has 0 heterocycles. The van der Waals surface area contributed by atoms with E-state index in [1.807, 2.05) is 28.7 Å². The molecule has 0 saturated carbocycles. The molecule has 346 valence electrons. The van der Waals surface area contributed by atoms with E-state index in [1.54, 1.807) is 75.4 Å². The number of ether oxygens (including phenoxy) is 1. The molecule has 2 atom stereocenters. The minimum Gasteiger partial charge on any atom is -0.444 e. The Bertz CT molecular complexity index is 2650. The van der Waals surface area contributed by atoms with Crippen LogP contribution in [-0.2, 0) is 19.2 Å². The standard InChI is InChI=1S/C20H16N4O5.C20H23N3O5.C6H4INO2/c21-13-18(20(26)23-27)22-19(25)16-10-8-14(9-11-16)4-1-2-5-15-6-3-7-17(12-15)24(28)29;1-6-7-8-14-9-11-15(12-10-14)17(24)22-16(18(25)23-27-5)13-21-19(26)28-20(2,3)4;7-5-2-1-3-6(4-5)8(9)10/h3,6-12,18,27H,13,21H2,(H,22,25)(H,23,26);1,9-12,16H,13H2,2-5H3,(H,21,26)(H,22,24)(H,23,25);1-4H/t18-;16-;/m00./s1. The number of non-ortho nitro benzene ring substituents is 2. The monoisotopic (exact) mass is 1030 g/mol. The molecule has 8 N–H and O–H groups in total. The maximum absolute atomic E-state index is 12.4. The SMILES string of the molecule is C#CC#Cc1ccc(C(=O)N[C@@H](CNC(=O)OC(C)(C)C)C(=O)NOC)cc1.NC[C@H](NC(=O)c1ccc(C#CC#Cc2cccc([N+](=O)[O-])c2)cc1)C(=O)NO.O=[N+]([O-])c1cccc(I)c1. The Kier molecular flexibility index (Phi) is 23.3. The van der Waals surface area contributed by atoms with Gasteiger partial charge < -0.3 is 26.4 Å². The van der Waals surface area contributed by atoms with Crippen LogP contribution >= 0.6 is 22.6 Å². The van der Waals surface area contributed by atoms with E-state index in [1.165, 1.54) is 49.0 Å². The van der Waals surface area contributed by atoms with Gasteiger partial charge in [-0.15, -0.1) is 6.42 Å². The molecule has 0 saturated heterocycles. The van der Waals surface area contributed by atoms with E-state index in [2.05, 4.69) is 67.7 Å². The van der Waals surface area contributed by atoms with Crippen LogP contribution in [0.25, 0.3) is 0 Å². The summed E-state index contributed by atoms with van der Waals surface area (Å²) in [5.74, 6) is 15.7. The fourth-order valence-electron chi connectivity index (χ4n) is 4.69. The van der Waals surface area contributed by atoms with Crippen LogP contribution in [0.4, 0.5) is 16.2 Å². The largest absolute Gasteiger partial charge is 0.444 e. The third kappa shape index (κ3) is 21.3. The van der Waals surface area contributed by atoms with Crippen molar-refractivity contribution in [3.05, 3.63) is 149 Å². The van der Waals surface area contributed by atoms with Crippen molar-refractivity contribution in [2.75, 3.05) is 20.2 Å². The Morgan fingerprint density at radius 2 is 1.24 bits per heavy atom. The second kappa shape index (κ2) is 28.5. The smallest absolute Gasteiger partial charge is 0.407 e. The highest BCUT2D eigenvalue weighted by Crippen LogP contribution is 2.14. The van der Waals surface area contributed by atoms with Crippen molar-refractivity contribution in [3.63, 3.8) is 0 Å². The van der Waals surface area contributed by atoms with Gasteiger partial charge in [-0.1, -0.05) is 29.9 Å². The number of terminal acetylenes is 1. The highest BCUT2D eigenvalue weighted by atomic mass is 127.